The average Bonchev–Trinajstić information content (AvgIpc) is 3.76. The molecule has 1 aliphatic rings. The lowest BCUT2D eigenvalue weighted by molar-refractivity contribution is -0.133. The lowest BCUT2D eigenvalue weighted by Crippen LogP contribution is -2.58. The predicted molar refractivity (Wildman–Crippen MR) is 174 cm³/mol. The first-order valence-electron chi connectivity index (χ1n) is 15.7. The Morgan fingerprint density at radius 2 is 1.60 bits per heavy atom. The van der Waals surface area contributed by atoms with Crippen LogP contribution in [-0.4, -0.2) is 74.0 Å². The molecule has 1 aliphatic heterocycles. The van der Waals surface area contributed by atoms with E-state index in [1.807, 2.05) is 74.5 Å². The first kappa shape index (κ1) is 35.2. The fourth-order valence-corrected chi connectivity index (χ4v) is 6.24. The van der Waals surface area contributed by atoms with Gasteiger partial charge in [-0.1, -0.05) is 74.5 Å². The molecule has 2 unspecified atom stereocenters. The van der Waals surface area contributed by atoms with Gasteiger partial charge in [0.05, 0.1) is 6.33 Å². The van der Waals surface area contributed by atoms with E-state index in [2.05, 4.69) is 25.9 Å². The number of benzene rings is 2. The van der Waals surface area contributed by atoms with Gasteiger partial charge in [0, 0.05) is 37.7 Å². The van der Waals surface area contributed by atoms with Crippen LogP contribution in [0.15, 0.2) is 73.2 Å². The summed E-state index contributed by atoms with van der Waals surface area (Å²) in [5.41, 5.74) is 2.14. The van der Waals surface area contributed by atoms with Crippen molar-refractivity contribution in [2.75, 3.05) is 6.54 Å². The summed E-state index contributed by atoms with van der Waals surface area (Å²) < 4.78 is 17.5. The van der Waals surface area contributed by atoms with Crippen molar-refractivity contribution in [1.82, 2.24) is 30.8 Å². The molecule has 1 saturated heterocycles. The molecular weight excluding hydrogens is 623 g/mol. The second-order valence-corrected chi connectivity index (χ2v) is 13.2. The maximum absolute atomic E-state index is 13.9. The number of nitrogens with one attached hydrogen (secondary N) is 4. The van der Waals surface area contributed by atoms with Crippen molar-refractivity contribution < 1.29 is 33.4 Å². The zero-order valence-electron chi connectivity index (χ0n) is 26.5. The molecule has 5 atom stereocenters. The molecule has 0 bridgehead atoms. The molecule has 13 nitrogen and oxygen atoms in total. The summed E-state index contributed by atoms with van der Waals surface area (Å²) in [6.07, 6.45) is 3.71. The second-order valence-electron chi connectivity index (χ2n) is 11.9. The number of hydrogen-bond acceptors (Lipinski definition) is 7. The van der Waals surface area contributed by atoms with Gasteiger partial charge in [0.15, 0.2) is 0 Å². The molecule has 2 aromatic carbocycles. The number of aromatic nitrogens is 2. The lowest BCUT2D eigenvalue weighted by Gasteiger charge is -2.27. The zero-order chi connectivity index (χ0) is 33.8. The van der Waals surface area contributed by atoms with Crippen LogP contribution in [0.3, 0.4) is 0 Å². The molecule has 1 aromatic heterocycles. The highest BCUT2D eigenvalue weighted by molar-refractivity contribution is 7.38. The molecule has 0 radical (unpaired) electrons. The number of carbonyl (C=O) groups is 4. The van der Waals surface area contributed by atoms with Crippen LogP contribution in [-0.2, 0) is 43.1 Å². The second kappa shape index (κ2) is 17.3. The van der Waals surface area contributed by atoms with E-state index < -0.39 is 55.8 Å². The molecule has 250 valence electrons. The Kier molecular flexibility index (Phi) is 13.0. The summed E-state index contributed by atoms with van der Waals surface area (Å²) in [5, 5.41) is 8.18. The van der Waals surface area contributed by atoms with Gasteiger partial charge in [0.2, 0.25) is 17.7 Å². The van der Waals surface area contributed by atoms with E-state index in [0.29, 0.717) is 25.1 Å². The zero-order valence-corrected chi connectivity index (χ0v) is 27.4. The SMILES string of the molecule is CC(C)CC(NC(=O)[C@H](Cc1cnc[nH]1)NC(=O)[C@H](Cc1ccccc1)NC(=O)[C@H]1CCCN1C(=O)OCc1ccccc1)[P+](=O)O. The van der Waals surface area contributed by atoms with E-state index in [4.69, 9.17) is 4.74 Å². The minimum absolute atomic E-state index is 0.0177. The van der Waals surface area contributed by atoms with Crippen molar-refractivity contribution in [2.24, 2.45) is 5.92 Å². The number of hydrogen-bond donors (Lipinski definition) is 5. The highest BCUT2D eigenvalue weighted by Crippen LogP contribution is 2.26. The van der Waals surface area contributed by atoms with Crippen LogP contribution < -0.4 is 16.0 Å². The third-order valence-electron chi connectivity index (χ3n) is 7.79. The monoisotopic (exact) mass is 665 g/mol. The van der Waals surface area contributed by atoms with Gasteiger partial charge in [-0.3, -0.25) is 19.3 Å². The van der Waals surface area contributed by atoms with Crippen LogP contribution in [0.25, 0.3) is 0 Å². The first-order chi connectivity index (χ1) is 22.6. The van der Waals surface area contributed by atoms with Gasteiger partial charge in [0.1, 0.15) is 24.7 Å². The summed E-state index contributed by atoms with van der Waals surface area (Å²) in [6, 6.07) is 15.2. The first-order valence-corrected chi connectivity index (χ1v) is 16.9. The summed E-state index contributed by atoms with van der Waals surface area (Å²) in [5.74, 6) is -2.77. The number of nitrogens with zero attached hydrogens (tertiary/aromatic N) is 2. The van der Waals surface area contributed by atoms with Crippen molar-refractivity contribution in [3.05, 3.63) is 90.0 Å². The van der Waals surface area contributed by atoms with Crippen molar-refractivity contribution in [1.29, 1.82) is 0 Å². The smallest absolute Gasteiger partial charge is 0.445 e. The fraction of sp³-hybridized carbons (Fsp3) is 0.424. The number of rotatable bonds is 15. The molecule has 47 heavy (non-hydrogen) atoms. The highest BCUT2D eigenvalue weighted by Gasteiger charge is 2.38. The summed E-state index contributed by atoms with van der Waals surface area (Å²) >= 11 is 0. The van der Waals surface area contributed by atoms with Gasteiger partial charge in [0.25, 0.3) is 5.78 Å². The van der Waals surface area contributed by atoms with Gasteiger partial charge in [-0.15, -0.1) is 0 Å². The van der Waals surface area contributed by atoms with Crippen molar-refractivity contribution in [3.8, 4) is 0 Å². The van der Waals surface area contributed by atoms with Gasteiger partial charge >= 0.3 is 14.1 Å². The molecule has 4 amide bonds. The third-order valence-corrected chi connectivity index (χ3v) is 8.67. The number of likely N-dealkylation sites (tertiary alicyclic amines) is 1. The van der Waals surface area contributed by atoms with Crippen LogP contribution in [0.5, 0.6) is 0 Å². The van der Waals surface area contributed by atoms with Gasteiger partial charge in [-0.2, -0.15) is 4.89 Å². The number of ether oxygens (including phenoxy) is 1. The molecule has 0 saturated carbocycles. The number of H-pyrrole nitrogens is 1. The third kappa shape index (κ3) is 10.7. The van der Waals surface area contributed by atoms with Gasteiger partial charge in [-0.25, -0.2) is 9.78 Å². The summed E-state index contributed by atoms with van der Waals surface area (Å²) in [4.78, 5) is 72.0. The number of amides is 4. The molecule has 1 fully saturated rings. The topological polar surface area (TPSA) is 183 Å². The largest absolute Gasteiger partial charge is 0.530 e. The highest BCUT2D eigenvalue weighted by atomic mass is 31.1. The number of carbonyl (C=O) groups excluding carboxylic acids is 4. The van der Waals surface area contributed by atoms with Crippen LogP contribution in [0.2, 0.25) is 0 Å². The van der Waals surface area contributed by atoms with Crippen molar-refractivity contribution in [2.45, 2.75) is 76.5 Å². The molecular formula is C33H42N6O7P+. The average molecular weight is 666 g/mol. The minimum Gasteiger partial charge on any atom is -0.445 e. The van der Waals surface area contributed by atoms with Gasteiger partial charge in [-0.05, 0) is 34.5 Å². The van der Waals surface area contributed by atoms with E-state index in [1.54, 1.807) is 0 Å². The molecule has 2 heterocycles. The molecule has 0 aliphatic carbocycles. The lowest BCUT2D eigenvalue weighted by atomic mass is 10.0. The summed E-state index contributed by atoms with van der Waals surface area (Å²) in [6.45, 7) is 4.13. The Labute approximate surface area is 274 Å². The maximum Gasteiger partial charge on any atom is 0.530 e. The Bertz CT molecular complexity index is 1490. The Hall–Kier alpha value is -4.61. The standard InChI is InChI=1S/C33H41N6O7P/c1-22(2)16-29(47(44)45)38-31(41)27(18-25-19-34-21-35-25)36-30(40)26(17-23-10-5-3-6-11-23)37-32(42)28-14-9-15-39(28)33(43)46-20-24-12-7-4-8-13-24/h3-8,10-13,19,21-22,26-29H,9,14-18,20H2,1-2H3,(H4-,34,35,36,37,38,40,41,42,44,45)/p+1/t26-,27-,28+,29?/m0/s1. The molecule has 14 heteroatoms. The normalized spacial score (nSPS) is 16.6. The Balaban J connectivity index is 1.50. The van der Waals surface area contributed by atoms with E-state index in [9.17, 15) is 28.6 Å². The van der Waals surface area contributed by atoms with Crippen LogP contribution >= 0.6 is 8.03 Å². The van der Waals surface area contributed by atoms with E-state index in [-0.39, 0.29) is 31.8 Å². The molecule has 3 aromatic rings. The van der Waals surface area contributed by atoms with Crippen molar-refractivity contribution >= 4 is 31.8 Å². The quantitative estimate of drug-likeness (QED) is 0.153. The van der Waals surface area contributed by atoms with Gasteiger partial charge < -0.3 is 25.7 Å². The van der Waals surface area contributed by atoms with Crippen molar-refractivity contribution in [3.63, 3.8) is 0 Å². The van der Waals surface area contributed by atoms with E-state index >= 15 is 0 Å². The Morgan fingerprint density at radius 1 is 0.957 bits per heavy atom. The van der Waals surface area contributed by atoms with Crippen LogP contribution in [0.1, 0.15) is 49.9 Å². The fourth-order valence-electron chi connectivity index (χ4n) is 5.40. The number of imidazole rings is 1. The minimum atomic E-state index is -2.73. The van der Waals surface area contributed by atoms with Crippen LogP contribution in [0, 0.1) is 5.92 Å². The van der Waals surface area contributed by atoms with Crippen LogP contribution in [0.4, 0.5) is 4.79 Å². The molecule has 4 rings (SSSR count). The predicted octanol–water partition coefficient (Wildman–Crippen LogP) is 3.19. The van der Waals surface area contributed by atoms with E-state index in [0.717, 1.165) is 11.1 Å². The maximum atomic E-state index is 13.9. The molecule has 0 spiro atoms. The number of aromatic amines is 1. The molecule has 5 N–H and O–H groups in total. The Morgan fingerprint density at radius 3 is 2.21 bits per heavy atom. The summed E-state index contributed by atoms with van der Waals surface area (Å²) in [7, 11) is -2.73. The van der Waals surface area contributed by atoms with E-state index in [1.165, 1.54) is 17.4 Å².